The van der Waals surface area contributed by atoms with Crippen molar-refractivity contribution >= 4 is 11.6 Å². The summed E-state index contributed by atoms with van der Waals surface area (Å²) in [6.07, 6.45) is 4.78. The number of hydrogen-bond donors (Lipinski definition) is 2. The summed E-state index contributed by atoms with van der Waals surface area (Å²) in [6, 6.07) is 1.92. The Bertz CT molecular complexity index is 759. The van der Waals surface area contributed by atoms with Gasteiger partial charge in [0.15, 0.2) is 5.65 Å². The SMILES string of the molecule is Cc1cc(C)n2ncc(C(=O)NCc3cnc[nH]3)c2n1. The Labute approximate surface area is 115 Å². The Balaban J connectivity index is 1.88. The maximum absolute atomic E-state index is 12.2. The van der Waals surface area contributed by atoms with Crippen LogP contribution in [0.3, 0.4) is 0 Å². The number of fused-ring (bicyclic) bond motifs is 1. The first-order valence-corrected chi connectivity index (χ1v) is 6.22. The number of imidazole rings is 1. The molecular formula is C13H14N6O. The summed E-state index contributed by atoms with van der Waals surface area (Å²) < 4.78 is 1.66. The third-order valence-corrected chi connectivity index (χ3v) is 3.02. The first kappa shape index (κ1) is 12.3. The number of aryl methyl sites for hydroxylation is 2. The van der Waals surface area contributed by atoms with Gasteiger partial charge in [-0.1, -0.05) is 0 Å². The van der Waals surface area contributed by atoms with Gasteiger partial charge in [0.25, 0.3) is 5.91 Å². The molecule has 0 spiro atoms. The molecule has 0 aliphatic rings. The van der Waals surface area contributed by atoms with Crippen LogP contribution < -0.4 is 5.32 Å². The minimum absolute atomic E-state index is 0.202. The van der Waals surface area contributed by atoms with Crippen molar-refractivity contribution in [3.05, 3.63) is 47.4 Å². The van der Waals surface area contributed by atoms with Gasteiger partial charge in [-0.3, -0.25) is 4.79 Å². The van der Waals surface area contributed by atoms with Gasteiger partial charge in [-0.25, -0.2) is 14.5 Å². The molecule has 0 radical (unpaired) electrons. The first-order valence-electron chi connectivity index (χ1n) is 6.22. The van der Waals surface area contributed by atoms with Crippen LogP contribution >= 0.6 is 0 Å². The van der Waals surface area contributed by atoms with Crippen LogP contribution in [-0.4, -0.2) is 30.5 Å². The monoisotopic (exact) mass is 270 g/mol. The molecule has 20 heavy (non-hydrogen) atoms. The summed E-state index contributed by atoms with van der Waals surface area (Å²) in [5, 5.41) is 7.01. The fraction of sp³-hybridized carbons (Fsp3) is 0.231. The van der Waals surface area contributed by atoms with Crippen LogP contribution in [0.4, 0.5) is 0 Å². The Morgan fingerprint density at radius 2 is 2.25 bits per heavy atom. The molecule has 0 unspecified atom stereocenters. The lowest BCUT2D eigenvalue weighted by atomic mass is 10.3. The molecule has 3 rings (SSSR count). The molecule has 102 valence electrons. The van der Waals surface area contributed by atoms with E-state index in [1.807, 2.05) is 19.9 Å². The van der Waals surface area contributed by atoms with Crippen LogP contribution in [0, 0.1) is 13.8 Å². The fourth-order valence-corrected chi connectivity index (χ4v) is 2.08. The van der Waals surface area contributed by atoms with Gasteiger partial charge in [-0.2, -0.15) is 5.10 Å². The van der Waals surface area contributed by atoms with Crippen LogP contribution in [0.25, 0.3) is 5.65 Å². The van der Waals surface area contributed by atoms with Crippen molar-refractivity contribution in [3.63, 3.8) is 0 Å². The summed E-state index contributed by atoms with van der Waals surface area (Å²) in [6.45, 7) is 4.22. The van der Waals surface area contributed by atoms with E-state index >= 15 is 0 Å². The second kappa shape index (κ2) is 4.76. The Morgan fingerprint density at radius 3 is 3.00 bits per heavy atom. The average molecular weight is 270 g/mol. The molecule has 0 atom stereocenters. The molecule has 3 aromatic heterocycles. The number of amides is 1. The number of rotatable bonds is 3. The van der Waals surface area contributed by atoms with Crippen LogP contribution in [0.2, 0.25) is 0 Å². The Kier molecular flexibility index (Phi) is 2.94. The lowest BCUT2D eigenvalue weighted by Gasteiger charge is -2.03. The molecule has 7 nitrogen and oxygen atoms in total. The molecule has 2 N–H and O–H groups in total. The molecule has 7 heteroatoms. The molecular weight excluding hydrogens is 256 g/mol. The van der Waals surface area contributed by atoms with Crippen molar-refractivity contribution in [1.29, 1.82) is 0 Å². The van der Waals surface area contributed by atoms with Gasteiger partial charge < -0.3 is 10.3 Å². The van der Waals surface area contributed by atoms with E-state index in [1.165, 1.54) is 6.20 Å². The first-order chi connectivity index (χ1) is 9.65. The number of nitrogens with one attached hydrogen (secondary N) is 2. The van der Waals surface area contributed by atoms with E-state index in [2.05, 4.69) is 25.4 Å². The topological polar surface area (TPSA) is 88.0 Å². The summed E-state index contributed by atoms with van der Waals surface area (Å²) >= 11 is 0. The highest BCUT2D eigenvalue weighted by molar-refractivity contribution is 5.99. The standard InChI is InChI=1S/C13H14N6O/c1-8-3-9(2)19-12(18-8)11(6-17-19)13(20)15-5-10-4-14-7-16-10/h3-4,6-7H,5H2,1-2H3,(H,14,16)(H,15,20). The molecule has 1 amide bonds. The average Bonchev–Trinajstić information content (AvgIpc) is 3.04. The van der Waals surface area contributed by atoms with E-state index < -0.39 is 0 Å². The normalized spacial score (nSPS) is 10.9. The lowest BCUT2D eigenvalue weighted by molar-refractivity contribution is 0.0952. The molecule has 0 saturated heterocycles. The molecule has 0 saturated carbocycles. The summed E-state index contributed by atoms with van der Waals surface area (Å²) in [5.74, 6) is -0.202. The van der Waals surface area contributed by atoms with Gasteiger partial charge in [-0.15, -0.1) is 0 Å². The number of carbonyl (C=O) groups is 1. The number of carbonyl (C=O) groups excluding carboxylic acids is 1. The van der Waals surface area contributed by atoms with Gasteiger partial charge in [0, 0.05) is 17.6 Å². The molecule has 0 bridgehead atoms. The van der Waals surface area contributed by atoms with E-state index in [4.69, 9.17) is 0 Å². The minimum Gasteiger partial charge on any atom is -0.347 e. The van der Waals surface area contributed by atoms with E-state index in [1.54, 1.807) is 17.0 Å². The van der Waals surface area contributed by atoms with E-state index in [9.17, 15) is 4.79 Å². The van der Waals surface area contributed by atoms with E-state index in [0.29, 0.717) is 17.8 Å². The van der Waals surface area contributed by atoms with E-state index in [0.717, 1.165) is 17.1 Å². The molecule has 0 aliphatic carbocycles. The number of nitrogens with zero attached hydrogens (tertiary/aromatic N) is 4. The van der Waals surface area contributed by atoms with Gasteiger partial charge in [0.05, 0.1) is 24.8 Å². The highest BCUT2D eigenvalue weighted by atomic mass is 16.1. The highest BCUT2D eigenvalue weighted by Crippen LogP contribution is 2.11. The quantitative estimate of drug-likeness (QED) is 0.743. The zero-order chi connectivity index (χ0) is 14.1. The Hall–Kier alpha value is -2.70. The van der Waals surface area contributed by atoms with Gasteiger partial charge >= 0.3 is 0 Å². The zero-order valence-electron chi connectivity index (χ0n) is 11.2. The number of hydrogen-bond acceptors (Lipinski definition) is 4. The number of aromatic nitrogens is 5. The minimum atomic E-state index is -0.202. The summed E-state index contributed by atoms with van der Waals surface area (Å²) in [5.41, 5.74) is 3.69. The molecule has 0 aliphatic heterocycles. The summed E-state index contributed by atoms with van der Waals surface area (Å²) in [4.78, 5) is 23.4. The zero-order valence-corrected chi connectivity index (χ0v) is 11.2. The van der Waals surface area contributed by atoms with E-state index in [-0.39, 0.29) is 5.91 Å². The van der Waals surface area contributed by atoms with Crippen molar-refractivity contribution in [2.45, 2.75) is 20.4 Å². The van der Waals surface area contributed by atoms with Crippen LogP contribution in [0.5, 0.6) is 0 Å². The summed E-state index contributed by atoms with van der Waals surface area (Å²) in [7, 11) is 0. The highest BCUT2D eigenvalue weighted by Gasteiger charge is 2.15. The third kappa shape index (κ3) is 2.13. The van der Waals surface area contributed by atoms with Crippen LogP contribution in [-0.2, 0) is 6.54 Å². The van der Waals surface area contributed by atoms with Crippen molar-refractivity contribution in [1.82, 2.24) is 29.9 Å². The van der Waals surface area contributed by atoms with Crippen LogP contribution in [0.15, 0.2) is 24.8 Å². The predicted molar refractivity (Wildman–Crippen MR) is 72.2 cm³/mol. The second-order valence-corrected chi connectivity index (χ2v) is 4.59. The third-order valence-electron chi connectivity index (χ3n) is 3.02. The van der Waals surface area contributed by atoms with Gasteiger partial charge in [0.2, 0.25) is 0 Å². The number of aromatic amines is 1. The number of H-pyrrole nitrogens is 1. The van der Waals surface area contributed by atoms with Gasteiger partial charge in [0.1, 0.15) is 5.56 Å². The van der Waals surface area contributed by atoms with Crippen molar-refractivity contribution in [3.8, 4) is 0 Å². The lowest BCUT2D eigenvalue weighted by Crippen LogP contribution is -2.23. The van der Waals surface area contributed by atoms with Crippen LogP contribution in [0.1, 0.15) is 27.4 Å². The van der Waals surface area contributed by atoms with Crippen molar-refractivity contribution in [2.24, 2.45) is 0 Å². The Morgan fingerprint density at radius 1 is 1.40 bits per heavy atom. The van der Waals surface area contributed by atoms with Crippen molar-refractivity contribution < 1.29 is 4.79 Å². The molecule has 0 aromatic carbocycles. The smallest absolute Gasteiger partial charge is 0.257 e. The largest absolute Gasteiger partial charge is 0.347 e. The maximum atomic E-state index is 12.2. The molecule has 0 fully saturated rings. The second-order valence-electron chi connectivity index (χ2n) is 4.59. The predicted octanol–water partition coefficient (Wildman–Crippen LogP) is 0.999. The molecule has 3 heterocycles. The van der Waals surface area contributed by atoms with Crippen molar-refractivity contribution in [2.75, 3.05) is 0 Å². The fourth-order valence-electron chi connectivity index (χ4n) is 2.08. The van der Waals surface area contributed by atoms with Gasteiger partial charge in [-0.05, 0) is 19.9 Å². The maximum Gasteiger partial charge on any atom is 0.257 e. The molecule has 3 aromatic rings.